The van der Waals surface area contributed by atoms with Crippen LogP contribution in [-0.2, 0) is 0 Å². The van der Waals surface area contributed by atoms with Crippen LogP contribution in [0.25, 0.3) is 64.3 Å². The molecule has 0 unspecified atom stereocenters. The van der Waals surface area contributed by atoms with Crippen molar-refractivity contribution >= 4 is 59.3 Å². The lowest BCUT2D eigenvalue weighted by Gasteiger charge is -2.29. The molecule has 48 heavy (non-hydrogen) atoms. The van der Waals surface area contributed by atoms with E-state index in [2.05, 4.69) is 193 Å². The minimum Gasteiger partial charge on any atom is -0.309 e. The highest BCUT2D eigenvalue weighted by Crippen LogP contribution is 2.48. The molecule has 9 aromatic rings. The molecule has 1 nitrogen and oxygen atoms in total. The molecule has 0 saturated heterocycles. The van der Waals surface area contributed by atoms with Crippen LogP contribution < -0.4 is 4.90 Å². The minimum atomic E-state index is 1.12. The van der Waals surface area contributed by atoms with E-state index in [9.17, 15) is 0 Å². The number of para-hydroxylation sites is 1. The normalized spacial score (nSPS) is 11.3. The minimum absolute atomic E-state index is 1.12. The van der Waals surface area contributed by atoms with Gasteiger partial charge in [-0.2, -0.15) is 0 Å². The average Bonchev–Trinajstić information content (AvgIpc) is 3.56. The van der Waals surface area contributed by atoms with Gasteiger partial charge in [-0.3, -0.25) is 0 Å². The Hall–Kier alpha value is -5.96. The van der Waals surface area contributed by atoms with Gasteiger partial charge >= 0.3 is 0 Å². The molecule has 0 aliphatic carbocycles. The van der Waals surface area contributed by atoms with E-state index in [1.807, 2.05) is 11.3 Å². The molecule has 0 bridgehead atoms. The Morgan fingerprint density at radius 2 is 0.917 bits per heavy atom. The van der Waals surface area contributed by atoms with Crippen LogP contribution in [0.2, 0.25) is 0 Å². The van der Waals surface area contributed by atoms with Crippen molar-refractivity contribution in [3.8, 4) is 33.4 Å². The Morgan fingerprint density at radius 3 is 1.65 bits per heavy atom. The Bertz CT molecular complexity index is 2530. The van der Waals surface area contributed by atoms with Crippen molar-refractivity contribution in [2.45, 2.75) is 0 Å². The van der Waals surface area contributed by atoms with Crippen molar-refractivity contribution < 1.29 is 0 Å². The van der Waals surface area contributed by atoms with E-state index in [0.29, 0.717) is 0 Å². The summed E-state index contributed by atoms with van der Waals surface area (Å²) in [6.07, 6.45) is 0. The number of rotatable bonds is 6. The summed E-state index contributed by atoms with van der Waals surface area (Å²) < 4.78 is 2.62. The van der Waals surface area contributed by atoms with Gasteiger partial charge in [0, 0.05) is 31.4 Å². The fourth-order valence-electron chi connectivity index (χ4n) is 6.95. The molecule has 0 spiro atoms. The Kier molecular flexibility index (Phi) is 7.07. The third-order valence-corrected chi connectivity index (χ3v) is 10.5. The first kappa shape index (κ1) is 28.3. The Labute approximate surface area is 284 Å². The number of hydrogen-bond donors (Lipinski definition) is 0. The van der Waals surface area contributed by atoms with Gasteiger partial charge in [0.15, 0.2) is 0 Å². The zero-order valence-electron chi connectivity index (χ0n) is 26.3. The van der Waals surface area contributed by atoms with E-state index in [4.69, 9.17) is 0 Å². The van der Waals surface area contributed by atoms with Crippen molar-refractivity contribution in [2.24, 2.45) is 0 Å². The van der Waals surface area contributed by atoms with Gasteiger partial charge in [0.1, 0.15) is 0 Å². The molecule has 0 amide bonds. The van der Waals surface area contributed by atoms with Crippen molar-refractivity contribution in [1.29, 1.82) is 0 Å². The molecule has 226 valence electrons. The highest BCUT2D eigenvalue weighted by molar-refractivity contribution is 7.26. The Morgan fingerprint density at radius 1 is 0.354 bits per heavy atom. The van der Waals surface area contributed by atoms with Crippen molar-refractivity contribution in [3.63, 3.8) is 0 Å². The lowest BCUT2D eigenvalue weighted by molar-refractivity contribution is 1.30. The summed E-state index contributed by atoms with van der Waals surface area (Å²) in [5.41, 5.74) is 10.7. The van der Waals surface area contributed by atoms with Crippen LogP contribution in [-0.4, -0.2) is 0 Å². The molecular formula is C46H31NS. The maximum absolute atomic E-state index is 2.46. The fourth-order valence-corrected chi connectivity index (χ4v) is 8.21. The third-order valence-electron chi connectivity index (χ3n) is 9.29. The van der Waals surface area contributed by atoms with Crippen LogP contribution in [0.5, 0.6) is 0 Å². The van der Waals surface area contributed by atoms with Crippen molar-refractivity contribution in [2.75, 3.05) is 4.90 Å². The molecule has 0 aliphatic rings. The molecule has 0 fully saturated rings. The van der Waals surface area contributed by atoms with E-state index in [-0.39, 0.29) is 0 Å². The third kappa shape index (κ3) is 4.95. The van der Waals surface area contributed by atoms with Crippen molar-refractivity contribution in [1.82, 2.24) is 0 Å². The van der Waals surface area contributed by atoms with E-state index in [1.165, 1.54) is 70.0 Å². The van der Waals surface area contributed by atoms with Gasteiger partial charge in [0.25, 0.3) is 0 Å². The average molecular weight is 630 g/mol. The van der Waals surface area contributed by atoms with Gasteiger partial charge in [0.2, 0.25) is 0 Å². The maximum atomic E-state index is 2.46. The van der Waals surface area contributed by atoms with Gasteiger partial charge in [-0.25, -0.2) is 0 Å². The Balaban J connectivity index is 1.26. The van der Waals surface area contributed by atoms with Crippen LogP contribution in [0, 0.1) is 0 Å². The number of thiophene rings is 1. The highest BCUT2D eigenvalue weighted by atomic mass is 32.1. The van der Waals surface area contributed by atoms with Gasteiger partial charge in [-0.15, -0.1) is 11.3 Å². The first-order valence-corrected chi connectivity index (χ1v) is 17.2. The molecule has 1 heterocycles. The van der Waals surface area contributed by atoms with Crippen LogP contribution in [0.4, 0.5) is 17.1 Å². The van der Waals surface area contributed by atoms with Crippen LogP contribution >= 0.6 is 11.3 Å². The van der Waals surface area contributed by atoms with Crippen LogP contribution in [0.1, 0.15) is 0 Å². The van der Waals surface area contributed by atoms with E-state index < -0.39 is 0 Å². The second-order valence-corrected chi connectivity index (χ2v) is 13.2. The number of hydrogen-bond acceptors (Lipinski definition) is 2. The fraction of sp³-hybridized carbons (Fsp3) is 0. The summed E-state index contributed by atoms with van der Waals surface area (Å²) in [6.45, 7) is 0. The zero-order valence-corrected chi connectivity index (χ0v) is 27.1. The molecule has 0 N–H and O–H groups in total. The second kappa shape index (κ2) is 12.0. The molecule has 0 saturated carbocycles. The number of nitrogens with zero attached hydrogens (tertiary/aromatic N) is 1. The summed E-state index contributed by atoms with van der Waals surface area (Å²) in [7, 11) is 0. The van der Waals surface area contributed by atoms with Gasteiger partial charge in [0.05, 0.1) is 11.4 Å². The molecule has 2 heteroatoms. The SMILES string of the molecule is c1ccc(-c2ccc(-c3ccccc3N(c3ccc(-c4ccccc4)cc3)c3cccc4sc5c6ccccc6ccc5c34)cc2)cc1. The predicted molar refractivity (Wildman–Crippen MR) is 208 cm³/mol. The quantitative estimate of drug-likeness (QED) is 0.177. The second-order valence-electron chi connectivity index (χ2n) is 12.1. The molecule has 0 aliphatic heterocycles. The molecule has 9 rings (SSSR count). The summed E-state index contributed by atoms with van der Waals surface area (Å²) in [5.74, 6) is 0. The number of fused-ring (bicyclic) bond motifs is 5. The monoisotopic (exact) mass is 629 g/mol. The molecule has 1 aromatic heterocycles. The molecule has 0 atom stereocenters. The van der Waals surface area contributed by atoms with Gasteiger partial charge < -0.3 is 4.90 Å². The summed E-state index contributed by atoms with van der Waals surface area (Å²) in [6, 6.07) is 68.0. The first-order valence-electron chi connectivity index (χ1n) is 16.4. The van der Waals surface area contributed by atoms with E-state index in [0.717, 1.165) is 11.4 Å². The lowest BCUT2D eigenvalue weighted by atomic mass is 9.97. The molecule has 8 aromatic carbocycles. The van der Waals surface area contributed by atoms with Gasteiger partial charge in [-0.1, -0.05) is 158 Å². The first-order chi connectivity index (χ1) is 23.8. The lowest BCUT2D eigenvalue weighted by Crippen LogP contribution is -2.11. The number of anilines is 3. The topological polar surface area (TPSA) is 3.24 Å². The van der Waals surface area contributed by atoms with Crippen LogP contribution in [0.3, 0.4) is 0 Å². The number of benzene rings is 8. The van der Waals surface area contributed by atoms with Crippen LogP contribution in [0.15, 0.2) is 188 Å². The van der Waals surface area contributed by atoms with E-state index >= 15 is 0 Å². The molecule has 0 radical (unpaired) electrons. The summed E-state index contributed by atoms with van der Waals surface area (Å²) in [4.78, 5) is 2.46. The summed E-state index contributed by atoms with van der Waals surface area (Å²) in [5, 5.41) is 5.15. The standard InChI is InChI=1S/C46H31NS/c1-3-12-32(13-4-1)34-22-24-37(25-23-34)39-17-9-10-19-42(39)47(38-29-26-35(27-30-38)33-14-5-2-6-15-33)43-20-11-21-44-45(43)41-31-28-36-16-7-8-18-40(36)46(41)48-44/h1-31H. The highest BCUT2D eigenvalue weighted by Gasteiger charge is 2.22. The zero-order chi connectivity index (χ0) is 31.9. The molecular weight excluding hydrogens is 599 g/mol. The summed E-state index contributed by atoms with van der Waals surface area (Å²) >= 11 is 1.89. The smallest absolute Gasteiger partial charge is 0.0555 e. The van der Waals surface area contributed by atoms with E-state index in [1.54, 1.807) is 0 Å². The maximum Gasteiger partial charge on any atom is 0.0555 e. The van der Waals surface area contributed by atoms with Gasteiger partial charge in [-0.05, 0) is 68.9 Å². The largest absolute Gasteiger partial charge is 0.309 e. The predicted octanol–water partition coefficient (Wildman–Crippen LogP) is 13.7. The van der Waals surface area contributed by atoms with Crippen molar-refractivity contribution in [3.05, 3.63) is 188 Å².